The molecule has 0 radical (unpaired) electrons. The second-order valence-corrected chi connectivity index (χ2v) is 9.64. The molecule has 0 bridgehead atoms. The van der Waals surface area contributed by atoms with Crippen LogP contribution in [-0.4, -0.2) is 44.0 Å². The highest BCUT2D eigenvalue weighted by Gasteiger charge is 2.33. The molecule has 1 heterocycles. The number of carbonyl (C=O) groups is 2. The van der Waals surface area contributed by atoms with Crippen molar-refractivity contribution in [2.45, 2.75) is 25.8 Å². The first-order valence-electron chi connectivity index (χ1n) is 11.4. The molecule has 1 unspecified atom stereocenters. The minimum absolute atomic E-state index is 0.0127. The van der Waals surface area contributed by atoms with Crippen LogP contribution < -0.4 is 10.2 Å². The molecule has 5 nitrogen and oxygen atoms in total. The number of aryl methyl sites for hydroxylation is 1. The van der Waals surface area contributed by atoms with Crippen LogP contribution in [0.1, 0.15) is 50.7 Å². The van der Waals surface area contributed by atoms with Crippen molar-refractivity contribution in [3.05, 3.63) is 95.1 Å². The predicted molar refractivity (Wildman–Crippen MR) is 134 cm³/mol. The first-order chi connectivity index (χ1) is 15.8. The van der Waals surface area contributed by atoms with Crippen LogP contribution in [0.2, 0.25) is 0 Å². The van der Waals surface area contributed by atoms with Crippen LogP contribution in [0.4, 0.5) is 11.4 Å². The number of hydrogen-bond acceptors (Lipinski definition) is 2. The molecule has 1 atom stereocenters. The van der Waals surface area contributed by atoms with Gasteiger partial charge in [0.2, 0.25) is 0 Å². The van der Waals surface area contributed by atoms with Crippen molar-refractivity contribution >= 4 is 23.2 Å². The molecule has 0 fully saturated rings. The van der Waals surface area contributed by atoms with Crippen molar-refractivity contribution in [3.8, 4) is 0 Å². The molecule has 5 heteroatoms. The van der Waals surface area contributed by atoms with Crippen LogP contribution in [0.5, 0.6) is 0 Å². The Bertz CT molecular complexity index is 1160. The molecule has 1 aliphatic heterocycles. The number of hydrogen-bond donors (Lipinski definition) is 1. The lowest BCUT2D eigenvalue weighted by Gasteiger charge is -2.34. The minimum Gasteiger partial charge on any atom is -0.325 e. The highest BCUT2D eigenvalue weighted by molar-refractivity contribution is 6.08. The number of fused-ring (bicyclic) bond motifs is 1. The van der Waals surface area contributed by atoms with E-state index in [0.717, 1.165) is 28.6 Å². The summed E-state index contributed by atoms with van der Waals surface area (Å²) in [5, 5.41) is 2.93. The zero-order chi connectivity index (χ0) is 23.6. The Morgan fingerprint density at radius 3 is 2.27 bits per heavy atom. The lowest BCUT2D eigenvalue weighted by atomic mass is 9.99. The van der Waals surface area contributed by atoms with E-state index in [1.165, 1.54) is 5.56 Å². The van der Waals surface area contributed by atoms with Gasteiger partial charge < -0.3 is 14.7 Å². The van der Waals surface area contributed by atoms with Gasteiger partial charge in [-0.1, -0.05) is 36.4 Å². The minimum atomic E-state index is -0.153. The summed E-state index contributed by atoms with van der Waals surface area (Å²) in [6.45, 7) is 2.61. The van der Waals surface area contributed by atoms with Crippen molar-refractivity contribution in [1.82, 2.24) is 0 Å². The first kappa shape index (κ1) is 22.7. The summed E-state index contributed by atoms with van der Waals surface area (Å²) in [4.78, 5) is 28.0. The normalized spacial score (nSPS) is 16.0. The third-order valence-electron chi connectivity index (χ3n) is 6.41. The van der Waals surface area contributed by atoms with Gasteiger partial charge in [-0.25, -0.2) is 0 Å². The third kappa shape index (κ3) is 4.83. The number of para-hydroxylation sites is 1. The van der Waals surface area contributed by atoms with Crippen molar-refractivity contribution < 1.29 is 14.1 Å². The van der Waals surface area contributed by atoms with Crippen LogP contribution in [0, 0.1) is 6.92 Å². The summed E-state index contributed by atoms with van der Waals surface area (Å²) >= 11 is 0. The maximum atomic E-state index is 13.5. The molecule has 33 heavy (non-hydrogen) atoms. The molecule has 1 aliphatic rings. The summed E-state index contributed by atoms with van der Waals surface area (Å²) in [5.41, 5.74) is 5.07. The quantitative estimate of drug-likeness (QED) is 0.548. The molecular formula is C28H32N3O2+. The predicted octanol–water partition coefficient (Wildman–Crippen LogP) is 5.44. The smallest absolute Gasteiger partial charge is 0.258 e. The van der Waals surface area contributed by atoms with Crippen LogP contribution in [0.25, 0.3) is 0 Å². The number of quaternary nitrogens is 1. The first-order valence-corrected chi connectivity index (χ1v) is 11.4. The molecule has 3 aromatic rings. The van der Waals surface area contributed by atoms with E-state index < -0.39 is 0 Å². The summed E-state index contributed by atoms with van der Waals surface area (Å²) in [6, 6.07) is 23.3. The van der Waals surface area contributed by atoms with Crippen molar-refractivity contribution in [3.63, 3.8) is 0 Å². The number of rotatable bonds is 4. The Balaban J connectivity index is 1.55. The van der Waals surface area contributed by atoms with Gasteiger partial charge in [0.1, 0.15) is 6.04 Å². The molecule has 0 aromatic heterocycles. The van der Waals surface area contributed by atoms with E-state index >= 15 is 0 Å². The average Bonchev–Trinajstić information content (AvgIpc) is 2.99. The highest BCUT2D eigenvalue weighted by atomic mass is 16.2. The fraction of sp³-hybridized carbons (Fsp3) is 0.286. The highest BCUT2D eigenvalue weighted by Crippen LogP contribution is 2.38. The van der Waals surface area contributed by atoms with E-state index in [0.29, 0.717) is 29.4 Å². The summed E-state index contributed by atoms with van der Waals surface area (Å²) in [5.74, 6) is -0.166. The second-order valence-electron chi connectivity index (χ2n) is 9.64. The topological polar surface area (TPSA) is 49.4 Å². The van der Waals surface area contributed by atoms with Crippen molar-refractivity contribution in [2.24, 2.45) is 0 Å². The molecule has 0 spiro atoms. The van der Waals surface area contributed by atoms with E-state index in [-0.39, 0.29) is 11.8 Å². The van der Waals surface area contributed by atoms with Gasteiger partial charge in [-0.2, -0.15) is 0 Å². The summed E-state index contributed by atoms with van der Waals surface area (Å²) in [6.07, 6.45) is 1.99. The van der Waals surface area contributed by atoms with Gasteiger partial charge in [0.15, 0.2) is 0 Å². The Hall–Kier alpha value is -3.44. The molecule has 3 aromatic carbocycles. The lowest BCUT2D eigenvalue weighted by Crippen LogP contribution is -2.38. The van der Waals surface area contributed by atoms with Crippen LogP contribution >= 0.6 is 0 Å². The summed E-state index contributed by atoms with van der Waals surface area (Å²) < 4.78 is 0.828. The van der Waals surface area contributed by atoms with E-state index in [4.69, 9.17) is 0 Å². The van der Waals surface area contributed by atoms with Gasteiger partial charge in [0, 0.05) is 35.3 Å². The van der Waals surface area contributed by atoms with E-state index in [1.807, 2.05) is 42.2 Å². The van der Waals surface area contributed by atoms with Gasteiger partial charge in [0.25, 0.3) is 11.8 Å². The zero-order valence-electron chi connectivity index (χ0n) is 19.8. The number of anilines is 2. The molecule has 4 rings (SSSR count). The lowest BCUT2D eigenvalue weighted by molar-refractivity contribution is -0.902. The van der Waals surface area contributed by atoms with Gasteiger partial charge in [-0.05, 0) is 55.3 Å². The molecule has 1 N–H and O–H groups in total. The Morgan fingerprint density at radius 1 is 0.909 bits per heavy atom. The number of carbonyl (C=O) groups excluding carboxylic acids is 2. The molecule has 0 saturated heterocycles. The molecule has 170 valence electrons. The molecular weight excluding hydrogens is 410 g/mol. The second kappa shape index (κ2) is 9.20. The Morgan fingerprint density at radius 2 is 1.58 bits per heavy atom. The zero-order valence-corrected chi connectivity index (χ0v) is 19.8. The van der Waals surface area contributed by atoms with E-state index in [2.05, 4.69) is 44.7 Å². The molecule has 0 saturated carbocycles. The maximum Gasteiger partial charge on any atom is 0.258 e. The SMILES string of the molecule is Cc1ccccc1C(=O)Nc1ccc(C(=O)N2CCCC([N+](C)(C)C)c3ccccc32)cc1. The standard InChI is InChI=1S/C28H31N3O2/c1-20-10-5-6-11-23(20)27(32)29-22-17-15-21(16-18-22)28(33)30-19-9-14-26(31(2,3)4)24-12-7-8-13-25(24)30/h5-8,10-13,15-18,26H,9,14,19H2,1-4H3/p+1. The number of nitrogens with zero attached hydrogens (tertiary/aromatic N) is 2. The van der Waals surface area contributed by atoms with E-state index in [1.54, 1.807) is 24.3 Å². The largest absolute Gasteiger partial charge is 0.325 e. The summed E-state index contributed by atoms with van der Waals surface area (Å²) in [7, 11) is 6.63. The van der Waals surface area contributed by atoms with Gasteiger partial charge >= 0.3 is 0 Å². The van der Waals surface area contributed by atoms with Crippen molar-refractivity contribution in [1.29, 1.82) is 0 Å². The molecule has 0 aliphatic carbocycles. The van der Waals surface area contributed by atoms with E-state index in [9.17, 15) is 9.59 Å². The Kier molecular flexibility index (Phi) is 6.34. The fourth-order valence-corrected chi connectivity index (χ4v) is 4.63. The maximum absolute atomic E-state index is 13.5. The number of benzene rings is 3. The third-order valence-corrected chi connectivity index (χ3v) is 6.41. The van der Waals surface area contributed by atoms with Gasteiger partial charge in [-0.3, -0.25) is 9.59 Å². The fourth-order valence-electron chi connectivity index (χ4n) is 4.63. The van der Waals surface area contributed by atoms with Crippen LogP contribution in [0.3, 0.4) is 0 Å². The van der Waals surface area contributed by atoms with Crippen LogP contribution in [0.15, 0.2) is 72.8 Å². The van der Waals surface area contributed by atoms with Gasteiger partial charge in [0.05, 0.1) is 26.8 Å². The monoisotopic (exact) mass is 442 g/mol. The van der Waals surface area contributed by atoms with Gasteiger partial charge in [-0.15, -0.1) is 0 Å². The molecule has 2 amide bonds. The van der Waals surface area contributed by atoms with Crippen molar-refractivity contribution in [2.75, 3.05) is 37.9 Å². The Labute approximate surface area is 196 Å². The average molecular weight is 443 g/mol. The number of nitrogens with one attached hydrogen (secondary N) is 1. The van der Waals surface area contributed by atoms with Crippen LogP contribution in [-0.2, 0) is 0 Å². The number of amides is 2.